The highest BCUT2D eigenvalue weighted by molar-refractivity contribution is 6.18. The van der Waals surface area contributed by atoms with Crippen molar-refractivity contribution in [2.75, 3.05) is 12.4 Å². The molecule has 0 saturated carbocycles. The van der Waals surface area contributed by atoms with Crippen LogP contribution in [-0.4, -0.2) is 17.4 Å². The molecule has 1 aromatic heterocycles. The minimum absolute atomic E-state index is 0.123. The lowest BCUT2D eigenvalue weighted by Crippen LogP contribution is -2.30. The van der Waals surface area contributed by atoms with Gasteiger partial charge in [0, 0.05) is 24.4 Å². The Bertz CT molecular complexity index is 523. The first-order chi connectivity index (χ1) is 8.61. The van der Waals surface area contributed by atoms with Crippen LogP contribution in [0.5, 0.6) is 0 Å². The molecule has 0 unspecified atom stereocenters. The highest BCUT2D eigenvalue weighted by atomic mass is 35.5. The maximum Gasteiger partial charge on any atom is 0.0705 e. The van der Waals surface area contributed by atoms with E-state index in [0.717, 1.165) is 24.3 Å². The molecule has 1 heterocycles. The Morgan fingerprint density at radius 2 is 1.94 bits per heavy atom. The molecular weight excluding hydrogens is 244 g/mol. The maximum atomic E-state index is 5.90. The number of alkyl halides is 1. The van der Waals surface area contributed by atoms with Gasteiger partial charge in [-0.15, -0.1) is 11.6 Å². The van der Waals surface area contributed by atoms with Crippen molar-refractivity contribution >= 4 is 22.5 Å². The lowest BCUT2D eigenvalue weighted by Gasteiger charge is -2.21. The van der Waals surface area contributed by atoms with Gasteiger partial charge < -0.3 is 5.32 Å². The number of nitrogens with zero attached hydrogens (tertiary/aromatic N) is 1. The number of benzene rings is 1. The molecule has 2 aromatic rings. The summed E-state index contributed by atoms with van der Waals surface area (Å²) in [4.78, 5) is 4.63. The van der Waals surface area contributed by atoms with E-state index < -0.39 is 0 Å². The van der Waals surface area contributed by atoms with Crippen LogP contribution >= 0.6 is 11.6 Å². The average molecular weight is 263 g/mol. The Hall–Kier alpha value is -1.12. The molecule has 0 aliphatic rings. The van der Waals surface area contributed by atoms with Crippen LogP contribution in [0, 0.1) is 5.41 Å². The van der Waals surface area contributed by atoms with Crippen molar-refractivity contribution in [2.45, 2.75) is 20.4 Å². The van der Waals surface area contributed by atoms with Gasteiger partial charge in [0.2, 0.25) is 0 Å². The first-order valence-electron chi connectivity index (χ1n) is 6.22. The molecule has 2 rings (SSSR count). The lowest BCUT2D eigenvalue weighted by atomic mass is 9.96. The molecule has 0 bridgehead atoms. The van der Waals surface area contributed by atoms with Gasteiger partial charge >= 0.3 is 0 Å². The van der Waals surface area contributed by atoms with E-state index in [9.17, 15) is 0 Å². The Morgan fingerprint density at radius 3 is 2.72 bits per heavy atom. The Morgan fingerprint density at radius 1 is 1.17 bits per heavy atom. The number of para-hydroxylation sites is 1. The summed E-state index contributed by atoms with van der Waals surface area (Å²) in [6.07, 6.45) is 0. The number of fused-ring (bicyclic) bond motifs is 1. The number of rotatable bonds is 5. The van der Waals surface area contributed by atoms with Crippen LogP contribution in [-0.2, 0) is 6.54 Å². The molecule has 1 N–H and O–H groups in total. The van der Waals surface area contributed by atoms with Crippen LogP contribution in [0.4, 0.5) is 0 Å². The molecule has 2 nitrogen and oxygen atoms in total. The Labute approximate surface area is 113 Å². The SMILES string of the molecule is CC(C)(CCl)CNCc1ccc2ccccc2n1. The fraction of sp³-hybridized carbons (Fsp3) is 0.400. The summed E-state index contributed by atoms with van der Waals surface area (Å²) >= 11 is 5.90. The molecule has 0 aliphatic heterocycles. The summed E-state index contributed by atoms with van der Waals surface area (Å²) < 4.78 is 0. The predicted molar refractivity (Wildman–Crippen MR) is 78.0 cm³/mol. The first kappa shape index (κ1) is 13.3. The fourth-order valence-corrected chi connectivity index (χ4v) is 1.88. The molecule has 0 spiro atoms. The second kappa shape index (κ2) is 5.68. The van der Waals surface area contributed by atoms with Crippen molar-refractivity contribution in [1.29, 1.82) is 0 Å². The van der Waals surface area contributed by atoms with Crippen molar-refractivity contribution < 1.29 is 0 Å². The summed E-state index contributed by atoms with van der Waals surface area (Å²) in [7, 11) is 0. The van der Waals surface area contributed by atoms with E-state index >= 15 is 0 Å². The van der Waals surface area contributed by atoms with Crippen molar-refractivity contribution in [2.24, 2.45) is 5.41 Å². The molecular formula is C15H19ClN2. The number of hydrogen-bond acceptors (Lipinski definition) is 2. The van der Waals surface area contributed by atoms with Gasteiger partial charge in [-0.3, -0.25) is 4.98 Å². The number of aromatic nitrogens is 1. The minimum atomic E-state index is 0.123. The van der Waals surface area contributed by atoms with Crippen LogP contribution in [0.3, 0.4) is 0 Å². The van der Waals surface area contributed by atoms with Crippen molar-refractivity contribution in [3.05, 3.63) is 42.1 Å². The Kier molecular flexibility index (Phi) is 4.20. The van der Waals surface area contributed by atoms with E-state index in [1.165, 1.54) is 5.39 Å². The van der Waals surface area contributed by atoms with Gasteiger partial charge in [0.25, 0.3) is 0 Å². The molecule has 0 aliphatic carbocycles. The average Bonchev–Trinajstić information content (AvgIpc) is 2.38. The smallest absolute Gasteiger partial charge is 0.0705 e. The summed E-state index contributed by atoms with van der Waals surface area (Å²) in [5.41, 5.74) is 2.24. The number of pyridine rings is 1. The van der Waals surface area contributed by atoms with Crippen LogP contribution in [0.15, 0.2) is 36.4 Å². The van der Waals surface area contributed by atoms with E-state index in [1.807, 2.05) is 18.2 Å². The third kappa shape index (κ3) is 3.44. The topological polar surface area (TPSA) is 24.9 Å². The van der Waals surface area contributed by atoms with Crippen molar-refractivity contribution in [3.63, 3.8) is 0 Å². The lowest BCUT2D eigenvalue weighted by molar-refractivity contribution is 0.384. The van der Waals surface area contributed by atoms with Gasteiger partial charge in [0.1, 0.15) is 0 Å². The van der Waals surface area contributed by atoms with Crippen molar-refractivity contribution in [1.82, 2.24) is 10.3 Å². The molecule has 1 aromatic carbocycles. The summed E-state index contributed by atoms with van der Waals surface area (Å²) in [6.45, 7) is 5.98. The minimum Gasteiger partial charge on any atom is -0.311 e. The third-order valence-corrected chi connectivity index (χ3v) is 3.65. The second-order valence-electron chi connectivity index (χ2n) is 5.40. The standard InChI is InChI=1S/C15H19ClN2/c1-15(2,10-16)11-17-9-13-8-7-12-5-3-4-6-14(12)18-13/h3-8,17H,9-11H2,1-2H3. The van der Waals surface area contributed by atoms with E-state index in [0.29, 0.717) is 5.88 Å². The summed E-state index contributed by atoms with van der Waals surface area (Å²) in [6, 6.07) is 12.4. The summed E-state index contributed by atoms with van der Waals surface area (Å²) in [5, 5.41) is 4.59. The normalized spacial score (nSPS) is 11.9. The van der Waals surface area contributed by atoms with Gasteiger partial charge in [-0.2, -0.15) is 0 Å². The van der Waals surface area contributed by atoms with Crippen molar-refractivity contribution in [3.8, 4) is 0 Å². The highest BCUT2D eigenvalue weighted by Crippen LogP contribution is 2.16. The number of hydrogen-bond donors (Lipinski definition) is 1. The van der Waals surface area contributed by atoms with E-state index in [1.54, 1.807) is 0 Å². The molecule has 3 heteroatoms. The Balaban J connectivity index is 2.00. The largest absolute Gasteiger partial charge is 0.311 e. The van der Waals surface area contributed by atoms with Gasteiger partial charge in [0.05, 0.1) is 11.2 Å². The molecule has 96 valence electrons. The van der Waals surface area contributed by atoms with Crippen LogP contribution < -0.4 is 5.32 Å². The van der Waals surface area contributed by atoms with Gasteiger partial charge in [-0.05, 0) is 17.5 Å². The first-order valence-corrected chi connectivity index (χ1v) is 6.75. The fourth-order valence-electron chi connectivity index (χ4n) is 1.78. The van der Waals surface area contributed by atoms with Gasteiger partial charge in [0.15, 0.2) is 0 Å². The zero-order chi connectivity index (χ0) is 13.0. The van der Waals surface area contributed by atoms with Gasteiger partial charge in [-0.1, -0.05) is 38.1 Å². The molecule has 0 saturated heterocycles. The molecule has 0 fully saturated rings. The quantitative estimate of drug-likeness (QED) is 0.833. The van der Waals surface area contributed by atoms with E-state index in [4.69, 9.17) is 11.6 Å². The van der Waals surface area contributed by atoms with Crippen LogP contribution in [0.1, 0.15) is 19.5 Å². The second-order valence-corrected chi connectivity index (χ2v) is 5.66. The maximum absolute atomic E-state index is 5.90. The van der Waals surface area contributed by atoms with E-state index in [-0.39, 0.29) is 5.41 Å². The zero-order valence-electron chi connectivity index (χ0n) is 10.9. The number of halogens is 1. The predicted octanol–water partition coefficient (Wildman–Crippen LogP) is 3.59. The summed E-state index contributed by atoms with van der Waals surface area (Å²) in [5.74, 6) is 0.658. The third-order valence-electron chi connectivity index (χ3n) is 2.93. The van der Waals surface area contributed by atoms with E-state index in [2.05, 4.69) is 42.3 Å². The zero-order valence-corrected chi connectivity index (χ0v) is 11.7. The molecule has 0 amide bonds. The monoisotopic (exact) mass is 262 g/mol. The molecule has 0 atom stereocenters. The molecule has 0 radical (unpaired) electrons. The number of nitrogens with one attached hydrogen (secondary N) is 1. The van der Waals surface area contributed by atoms with Crippen LogP contribution in [0.2, 0.25) is 0 Å². The van der Waals surface area contributed by atoms with Gasteiger partial charge in [-0.25, -0.2) is 0 Å². The molecule has 18 heavy (non-hydrogen) atoms. The highest BCUT2D eigenvalue weighted by Gasteiger charge is 2.15. The van der Waals surface area contributed by atoms with Crippen LogP contribution in [0.25, 0.3) is 10.9 Å².